The summed E-state index contributed by atoms with van der Waals surface area (Å²) in [5.74, 6) is -3.94. The SMILES string of the molecule is CC[C@@H](/C=C/C(=O)O)CCC(=O)c1c(O)c(C)cc2c1C(=O)C=C(NC(C)=O)C2=O. The molecule has 158 valence electrons. The number of nitrogens with one attached hydrogen (secondary N) is 1. The number of Topliss-reactive ketones (excluding diaryl/α,β-unsaturated/α-hetero) is 2. The van der Waals surface area contributed by atoms with Gasteiger partial charge in [-0.05, 0) is 37.3 Å². The molecule has 3 N–H and O–H groups in total. The number of hydrogen-bond acceptors (Lipinski definition) is 6. The first-order valence-electron chi connectivity index (χ1n) is 9.46. The molecule has 0 saturated heterocycles. The smallest absolute Gasteiger partial charge is 0.327 e. The Morgan fingerprint density at radius 3 is 2.47 bits per heavy atom. The molecular formula is C22H23NO7. The van der Waals surface area contributed by atoms with Crippen LogP contribution in [0.25, 0.3) is 0 Å². The molecule has 8 heteroatoms. The lowest BCUT2D eigenvalue weighted by molar-refractivity contribution is -0.131. The van der Waals surface area contributed by atoms with Gasteiger partial charge < -0.3 is 15.5 Å². The fraction of sp³-hybridized carbons (Fsp3) is 0.318. The van der Waals surface area contributed by atoms with Crippen LogP contribution in [-0.2, 0) is 9.59 Å². The zero-order valence-corrected chi connectivity index (χ0v) is 16.9. The van der Waals surface area contributed by atoms with Crippen molar-refractivity contribution in [3.8, 4) is 5.75 Å². The first kappa shape index (κ1) is 22.7. The fourth-order valence-electron chi connectivity index (χ4n) is 3.31. The Bertz CT molecular complexity index is 1000. The second-order valence-electron chi connectivity index (χ2n) is 7.10. The van der Waals surface area contributed by atoms with Crippen molar-refractivity contribution in [2.24, 2.45) is 5.92 Å². The molecule has 0 bridgehead atoms. The largest absolute Gasteiger partial charge is 0.507 e. The summed E-state index contributed by atoms with van der Waals surface area (Å²) < 4.78 is 0. The molecule has 1 aromatic rings. The molecule has 0 saturated carbocycles. The highest BCUT2D eigenvalue weighted by Crippen LogP contribution is 2.34. The van der Waals surface area contributed by atoms with E-state index in [1.54, 1.807) is 0 Å². The Morgan fingerprint density at radius 2 is 1.90 bits per heavy atom. The number of carbonyl (C=O) groups is 5. The third-order valence-corrected chi connectivity index (χ3v) is 4.87. The Morgan fingerprint density at radius 1 is 1.23 bits per heavy atom. The van der Waals surface area contributed by atoms with Crippen molar-refractivity contribution in [1.29, 1.82) is 0 Å². The first-order chi connectivity index (χ1) is 14.1. The van der Waals surface area contributed by atoms with Crippen LogP contribution in [0.2, 0.25) is 0 Å². The highest BCUT2D eigenvalue weighted by molar-refractivity contribution is 6.28. The zero-order chi connectivity index (χ0) is 22.6. The molecule has 8 nitrogen and oxygen atoms in total. The summed E-state index contributed by atoms with van der Waals surface area (Å²) in [7, 11) is 0. The number of aryl methyl sites for hydroxylation is 1. The molecule has 1 amide bonds. The molecule has 1 aliphatic carbocycles. The Kier molecular flexibility index (Phi) is 7.05. The van der Waals surface area contributed by atoms with Gasteiger partial charge in [0.1, 0.15) is 5.75 Å². The van der Waals surface area contributed by atoms with Crippen molar-refractivity contribution in [3.63, 3.8) is 0 Å². The van der Waals surface area contributed by atoms with Crippen LogP contribution in [-0.4, -0.2) is 39.4 Å². The van der Waals surface area contributed by atoms with Gasteiger partial charge in [0.2, 0.25) is 11.7 Å². The van der Waals surface area contributed by atoms with E-state index in [2.05, 4.69) is 5.32 Å². The minimum Gasteiger partial charge on any atom is -0.507 e. The van der Waals surface area contributed by atoms with Crippen LogP contribution < -0.4 is 5.32 Å². The van der Waals surface area contributed by atoms with Gasteiger partial charge in [-0.1, -0.05) is 13.0 Å². The number of fused-ring (bicyclic) bond motifs is 1. The van der Waals surface area contributed by atoms with Crippen LogP contribution in [0, 0.1) is 12.8 Å². The highest BCUT2D eigenvalue weighted by atomic mass is 16.4. The van der Waals surface area contributed by atoms with Crippen molar-refractivity contribution in [1.82, 2.24) is 5.32 Å². The number of carboxylic acid groups (broad SMARTS) is 1. The van der Waals surface area contributed by atoms with E-state index in [0.29, 0.717) is 12.8 Å². The third-order valence-electron chi connectivity index (χ3n) is 4.87. The van der Waals surface area contributed by atoms with Crippen molar-refractivity contribution >= 4 is 29.2 Å². The van der Waals surface area contributed by atoms with Gasteiger partial charge >= 0.3 is 5.97 Å². The second-order valence-corrected chi connectivity index (χ2v) is 7.10. The number of amides is 1. The summed E-state index contributed by atoms with van der Waals surface area (Å²) in [5, 5.41) is 21.5. The summed E-state index contributed by atoms with van der Waals surface area (Å²) >= 11 is 0. The lowest BCUT2D eigenvalue weighted by Crippen LogP contribution is -2.31. The van der Waals surface area contributed by atoms with Crippen LogP contribution in [0.4, 0.5) is 0 Å². The first-order valence-corrected chi connectivity index (χ1v) is 9.46. The second kappa shape index (κ2) is 9.30. The zero-order valence-electron chi connectivity index (χ0n) is 16.9. The maximum Gasteiger partial charge on any atom is 0.327 e. The molecule has 0 aliphatic heterocycles. The van der Waals surface area contributed by atoms with Crippen LogP contribution in [0.15, 0.2) is 30.0 Å². The predicted octanol–water partition coefficient (Wildman–Crippen LogP) is 2.73. The maximum absolute atomic E-state index is 12.9. The molecule has 1 aromatic carbocycles. The quantitative estimate of drug-likeness (QED) is 0.440. The number of rotatable bonds is 8. The molecule has 1 aliphatic rings. The van der Waals surface area contributed by atoms with Crippen molar-refractivity contribution in [2.45, 2.75) is 40.0 Å². The van der Waals surface area contributed by atoms with Crippen LogP contribution >= 0.6 is 0 Å². The van der Waals surface area contributed by atoms with Crippen LogP contribution in [0.3, 0.4) is 0 Å². The summed E-state index contributed by atoms with van der Waals surface area (Å²) in [6.07, 6.45) is 4.34. The van der Waals surface area contributed by atoms with Crippen molar-refractivity contribution in [2.75, 3.05) is 0 Å². The fourth-order valence-corrected chi connectivity index (χ4v) is 3.31. The standard InChI is InChI=1S/C22H23NO7/c1-4-13(6-8-18(27)28)5-7-16(25)20-19-14(9-11(2)21(20)29)22(30)15(10-17(19)26)23-12(3)24/h6,8-10,13,29H,4-5,7H2,1-3H3,(H,23,24)(H,27,28)/b8-6+/t13-/m1/s1. The summed E-state index contributed by atoms with van der Waals surface area (Å²) in [5.41, 5.74) is -0.397. The van der Waals surface area contributed by atoms with E-state index in [-0.39, 0.29) is 46.0 Å². The molecule has 0 heterocycles. The number of aliphatic carboxylic acids is 1. The molecule has 1 atom stereocenters. The number of benzene rings is 1. The molecule has 2 rings (SSSR count). The Labute approximate surface area is 173 Å². The number of hydrogen-bond donors (Lipinski definition) is 3. The van der Waals surface area contributed by atoms with Gasteiger partial charge in [-0.15, -0.1) is 0 Å². The molecule has 0 radical (unpaired) electrons. The third kappa shape index (κ3) is 4.89. The summed E-state index contributed by atoms with van der Waals surface area (Å²) in [6.45, 7) is 4.56. The lowest BCUT2D eigenvalue weighted by Gasteiger charge is -2.20. The Balaban J connectivity index is 2.41. The number of phenols is 1. The monoisotopic (exact) mass is 413 g/mol. The number of aromatic hydroxyl groups is 1. The van der Waals surface area contributed by atoms with Crippen molar-refractivity contribution in [3.05, 3.63) is 52.2 Å². The summed E-state index contributed by atoms with van der Waals surface area (Å²) in [4.78, 5) is 60.3. The van der Waals surface area contributed by atoms with E-state index in [4.69, 9.17) is 5.11 Å². The summed E-state index contributed by atoms with van der Waals surface area (Å²) in [6, 6.07) is 1.32. The topological polar surface area (TPSA) is 138 Å². The van der Waals surface area contributed by atoms with Gasteiger partial charge in [-0.3, -0.25) is 19.2 Å². The van der Waals surface area contributed by atoms with Crippen molar-refractivity contribution < 1.29 is 34.2 Å². The molecule has 0 unspecified atom stereocenters. The molecule has 0 fully saturated rings. The number of allylic oxidation sites excluding steroid dienone is 3. The minimum absolute atomic E-state index is 0.0460. The van der Waals surface area contributed by atoms with Gasteiger partial charge in [-0.25, -0.2) is 4.79 Å². The van der Waals surface area contributed by atoms with Crippen LogP contribution in [0.5, 0.6) is 5.75 Å². The number of ketones is 3. The maximum atomic E-state index is 12.9. The predicted molar refractivity (Wildman–Crippen MR) is 108 cm³/mol. The van der Waals surface area contributed by atoms with Gasteiger partial charge in [0.05, 0.1) is 11.3 Å². The average molecular weight is 413 g/mol. The average Bonchev–Trinajstić information content (AvgIpc) is 2.66. The molecule has 0 aromatic heterocycles. The van der Waals surface area contributed by atoms with Gasteiger partial charge in [-0.2, -0.15) is 0 Å². The van der Waals surface area contributed by atoms with E-state index < -0.39 is 29.2 Å². The molecular weight excluding hydrogens is 390 g/mol. The Hall–Kier alpha value is -3.55. The van der Waals surface area contributed by atoms with Gasteiger partial charge in [0, 0.05) is 36.6 Å². The number of carbonyl (C=O) groups excluding carboxylic acids is 4. The number of carboxylic acids is 1. The normalized spacial score (nSPS) is 14.3. The molecule has 0 spiro atoms. The van der Waals surface area contributed by atoms with E-state index in [9.17, 15) is 29.1 Å². The van der Waals surface area contributed by atoms with E-state index in [1.165, 1.54) is 26.0 Å². The lowest BCUT2D eigenvalue weighted by atomic mass is 9.84. The van der Waals surface area contributed by atoms with E-state index >= 15 is 0 Å². The van der Waals surface area contributed by atoms with Crippen LogP contribution in [0.1, 0.15) is 69.7 Å². The highest BCUT2D eigenvalue weighted by Gasteiger charge is 2.33. The number of phenolic OH excluding ortho intramolecular Hbond substituents is 1. The minimum atomic E-state index is -1.09. The molecule has 30 heavy (non-hydrogen) atoms. The van der Waals surface area contributed by atoms with E-state index in [0.717, 1.165) is 12.2 Å². The van der Waals surface area contributed by atoms with Gasteiger partial charge in [0.25, 0.3) is 0 Å². The van der Waals surface area contributed by atoms with Gasteiger partial charge in [0.15, 0.2) is 11.6 Å². The van der Waals surface area contributed by atoms with E-state index in [1.807, 2.05) is 6.92 Å².